The average Bonchev–Trinajstić information content (AvgIpc) is 2.33. The van der Waals surface area contributed by atoms with Gasteiger partial charge in [-0.3, -0.25) is 0 Å². The Morgan fingerprint density at radius 2 is 2.40 bits per heavy atom. The molecule has 10 heavy (non-hydrogen) atoms. The molecule has 0 amide bonds. The molecule has 3 nitrogen and oxygen atoms in total. The molecule has 0 radical (unpaired) electrons. The number of rotatable bonds is 0. The second-order valence-electron chi connectivity index (χ2n) is 1.90. The first-order valence-electron chi connectivity index (χ1n) is 2.82. The smallest absolute Gasteiger partial charge is 0.216 e. The van der Waals surface area contributed by atoms with Crippen LogP contribution in [0.25, 0.3) is 5.52 Å². The maximum absolute atomic E-state index is 4.06. The van der Waals surface area contributed by atoms with E-state index in [-0.39, 0.29) is 0 Å². The van der Waals surface area contributed by atoms with E-state index in [1.54, 1.807) is 10.7 Å². The Morgan fingerprint density at radius 3 is 3.30 bits per heavy atom. The molecule has 0 N–H and O–H groups in total. The molecule has 0 aliphatic carbocycles. The summed E-state index contributed by atoms with van der Waals surface area (Å²) in [7, 11) is 0. The van der Waals surface area contributed by atoms with Crippen molar-refractivity contribution < 1.29 is 0 Å². The summed E-state index contributed by atoms with van der Waals surface area (Å²) in [4.78, 5) is 3.96. The second-order valence-corrected chi connectivity index (χ2v) is 2.61. The fourth-order valence-corrected chi connectivity index (χ4v) is 1.09. The average molecular weight is 198 g/mol. The highest BCUT2D eigenvalue weighted by Crippen LogP contribution is 2.03. The molecule has 0 fully saturated rings. The highest BCUT2D eigenvalue weighted by Gasteiger charge is 1.92. The van der Waals surface area contributed by atoms with Crippen LogP contribution in [0.5, 0.6) is 0 Å². The molecule has 0 aliphatic heterocycles. The van der Waals surface area contributed by atoms with Crippen molar-refractivity contribution in [2.24, 2.45) is 0 Å². The van der Waals surface area contributed by atoms with Crippen LogP contribution in [0, 0.1) is 0 Å². The summed E-state index contributed by atoms with van der Waals surface area (Å²) in [5.41, 5.74) is 1.00. The van der Waals surface area contributed by atoms with Crippen LogP contribution in [0.1, 0.15) is 0 Å². The van der Waals surface area contributed by atoms with E-state index in [9.17, 15) is 0 Å². The van der Waals surface area contributed by atoms with Gasteiger partial charge in [0.15, 0.2) is 0 Å². The molecule has 0 aromatic carbocycles. The SMILES string of the molecule is Brc1ncc2cccn2n1. The predicted molar refractivity (Wildman–Crippen MR) is 40.7 cm³/mol. The molecule has 0 spiro atoms. The summed E-state index contributed by atoms with van der Waals surface area (Å²) in [6.07, 6.45) is 3.64. The molecule has 0 unspecified atom stereocenters. The summed E-state index contributed by atoms with van der Waals surface area (Å²) in [6, 6.07) is 3.88. The number of hydrogen-bond donors (Lipinski definition) is 0. The monoisotopic (exact) mass is 197 g/mol. The van der Waals surface area contributed by atoms with Gasteiger partial charge in [0.1, 0.15) is 0 Å². The van der Waals surface area contributed by atoms with Gasteiger partial charge in [-0.1, -0.05) is 0 Å². The van der Waals surface area contributed by atoms with Gasteiger partial charge in [0.05, 0.1) is 11.7 Å². The Morgan fingerprint density at radius 1 is 1.50 bits per heavy atom. The van der Waals surface area contributed by atoms with Crippen LogP contribution in [0.4, 0.5) is 0 Å². The molecule has 50 valence electrons. The van der Waals surface area contributed by atoms with Crippen molar-refractivity contribution >= 4 is 21.4 Å². The van der Waals surface area contributed by atoms with E-state index in [0.717, 1.165) is 5.52 Å². The van der Waals surface area contributed by atoms with Gasteiger partial charge in [0, 0.05) is 6.20 Å². The van der Waals surface area contributed by atoms with Gasteiger partial charge < -0.3 is 0 Å². The van der Waals surface area contributed by atoms with Crippen molar-refractivity contribution in [2.75, 3.05) is 0 Å². The predicted octanol–water partition coefficient (Wildman–Crippen LogP) is 1.49. The number of nitrogens with zero attached hydrogens (tertiary/aromatic N) is 3. The molecule has 0 atom stereocenters. The lowest BCUT2D eigenvalue weighted by molar-refractivity contribution is 0.876. The van der Waals surface area contributed by atoms with Crippen molar-refractivity contribution in [1.29, 1.82) is 0 Å². The Kier molecular flexibility index (Phi) is 1.20. The van der Waals surface area contributed by atoms with E-state index in [1.807, 2.05) is 18.3 Å². The minimum atomic E-state index is 0.608. The van der Waals surface area contributed by atoms with Gasteiger partial charge >= 0.3 is 0 Å². The first kappa shape index (κ1) is 5.85. The van der Waals surface area contributed by atoms with Gasteiger partial charge in [-0.15, -0.1) is 5.10 Å². The Bertz CT molecular complexity index is 355. The first-order valence-corrected chi connectivity index (χ1v) is 3.61. The van der Waals surface area contributed by atoms with E-state index in [4.69, 9.17) is 0 Å². The van der Waals surface area contributed by atoms with E-state index in [1.165, 1.54) is 0 Å². The van der Waals surface area contributed by atoms with Crippen LogP contribution in [0.15, 0.2) is 29.3 Å². The van der Waals surface area contributed by atoms with Gasteiger partial charge in [-0.2, -0.15) is 0 Å². The molecular weight excluding hydrogens is 194 g/mol. The van der Waals surface area contributed by atoms with Crippen molar-refractivity contribution in [1.82, 2.24) is 14.6 Å². The third-order valence-corrected chi connectivity index (χ3v) is 1.62. The van der Waals surface area contributed by atoms with Crippen molar-refractivity contribution in [3.05, 3.63) is 29.3 Å². The van der Waals surface area contributed by atoms with Crippen molar-refractivity contribution in [3.63, 3.8) is 0 Å². The lowest BCUT2D eigenvalue weighted by atomic mass is 10.5. The second kappa shape index (κ2) is 2.05. The molecule has 0 saturated heterocycles. The Balaban J connectivity index is 2.86. The maximum Gasteiger partial charge on any atom is 0.216 e. The fourth-order valence-electron chi connectivity index (χ4n) is 0.813. The van der Waals surface area contributed by atoms with Crippen LogP contribution in [-0.4, -0.2) is 14.6 Å². The third-order valence-electron chi connectivity index (χ3n) is 1.25. The summed E-state index contributed by atoms with van der Waals surface area (Å²) in [6.45, 7) is 0. The number of fused-ring (bicyclic) bond motifs is 1. The number of hydrogen-bond acceptors (Lipinski definition) is 2. The zero-order valence-electron chi connectivity index (χ0n) is 5.03. The molecule has 0 saturated carbocycles. The number of halogens is 1. The molecular formula is C6H4BrN3. The molecule has 0 aliphatic rings. The minimum Gasteiger partial charge on any atom is -0.237 e. The van der Waals surface area contributed by atoms with Gasteiger partial charge in [-0.05, 0) is 28.1 Å². The summed E-state index contributed by atoms with van der Waals surface area (Å²) in [5, 5.41) is 4.06. The van der Waals surface area contributed by atoms with Crippen LogP contribution in [0.2, 0.25) is 0 Å². The van der Waals surface area contributed by atoms with Crippen molar-refractivity contribution in [2.45, 2.75) is 0 Å². The topological polar surface area (TPSA) is 30.2 Å². The maximum atomic E-state index is 4.06. The quantitative estimate of drug-likeness (QED) is 0.641. The van der Waals surface area contributed by atoms with Crippen LogP contribution < -0.4 is 0 Å². The molecule has 2 aromatic rings. The summed E-state index contributed by atoms with van der Waals surface area (Å²) >= 11 is 3.17. The van der Waals surface area contributed by atoms with Gasteiger partial charge in [-0.25, -0.2) is 9.50 Å². The molecule has 2 aromatic heterocycles. The van der Waals surface area contributed by atoms with E-state index in [2.05, 4.69) is 26.0 Å². The summed E-state index contributed by atoms with van der Waals surface area (Å²) < 4.78 is 2.37. The lowest BCUT2D eigenvalue weighted by Crippen LogP contribution is -1.91. The fraction of sp³-hybridized carbons (Fsp3) is 0. The largest absolute Gasteiger partial charge is 0.237 e. The van der Waals surface area contributed by atoms with E-state index >= 15 is 0 Å². The zero-order valence-corrected chi connectivity index (χ0v) is 6.62. The lowest BCUT2D eigenvalue weighted by Gasteiger charge is -1.90. The standard InChI is InChI=1S/C6H4BrN3/c7-6-8-4-5-2-1-3-10(5)9-6/h1-4H. The minimum absolute atomic E-state index is 0.608. The Hall–Kier alpha value is -0.900. The van der Waals surface area contributed by atoms with E-state index in [0.29, 0.717) is 4.73 Å². The van der Waals surface area contributed by atoms with Crippen LogP contribution >= 0.6 is 15.9 Å². The highest BCUT2D eigenvalue weighted by molar-refractivity contribution is 9.10. The summed E-state index contributed by atoms with van der Waals surface area (Å²) in [5.74, 6) is 0. The molecule has 4 heteroatoms. The van der Waals surface area contributed by atoms with Crippen LogP contribution in [0.3, 0.4) is 0 Å². The zero-order chi connectivity index (χ0) is 6.97. The van der Waals surface area contributed by atoms with Gasteiger partial charge in [0.2, 0.25) is 4.73 Å². The van der Waals surface area contributed by atoms with Crippen molar-refractivity contribution in [3.8, 4) is 0 Å². The highest BCUT2D eigenvalue weighted by atomic mass is 79.9. The Labute approximate surface area is 65.8 Å². The number of aromatic nitrogens is 3. The molecule has 2 rings (SSSR count). The van der Waals surface area contributed by atoms with Gasteiger partial charge in [0.25, 0.3) is 0 Å². The molecule has 2 heterocycles. The first-order chi connectivity index (χ1) is 4.86. The van der Waals surface area contributed by atoms with E-state index < -0.39 is 0 Å². The molecule has 0 bridgehead atoms. The normalized spacial score (nSPS) is 10.5. The van der Waals surface area contributed by atoms with Crippen LogP contribution in [-0.2, 0) is 0 Å². The third kappa shape index (κ3) is 0.806.